The standard InChI is InChI=1S/C14H21N3O3/c1-5-17(9-13(18)16(2)3)10-6-7-12(15)11(8-10)14(19)20-4/h6-8H,5,9,15H2,1-4H3. The smallest absolute Gasteiger partial charge is 0.340 e. The van der Waals surface area contributed by atoms with Crippen LogP contribution in [0.15, 0.2) is 18.2 Å². The third-order valence-corrected chi connectivity index (χ3v) is 3.01. The Balaban J connectivity index is 3.04. The molecule has 6 nitrogen and oxygen atoms in total. The number of benzene rings is 1. The third kappa shape index (κ3) is 3.63. The molecule has 0 saturated heterocycles. The van der Waals surface area contributed by atoms with E-state index in [1.807, 2.05) is 11.8 Å². The Bertz CT molecular complexity index is 500. The van der Waals surface area contributed by atoms with E-state index in [1.165, 1.54) is 12.0 Å². The fourth-order valence-corrected chi connectivity index (χ4v) is 1.72. The van der Waals surface area contributed by atoms with E-state index in [-0.39, 0.29) is 12.5 Å². The van der Waals surface area contributed by atoms with Crippen LogP contribution >= 0.6 is 0 Å². The van der Waals surface area contributed by atoms with Gasteiger partial charge in [0.25, 0.3) is 0 Å². The molecule has 1 rings (SSSR count). The van der Waals surface area contributed by atoms with Gasteiger partial charge in [-0.2, -0.15) is 0 Å². The fraction of sp³-hybridized carbons (Fsp3) is 0.429. The maximum absolute atomic E-state index is 11.8. The largest absolute Gasteiger partial charge is 0.465 e. The molecule has 110 valence electrons. The van der Waals surface area contributed by atoms with Crippen molar-refractivity contribution in [2.75, 3.05) is 44.9 Å². The molecule has 0 aliphatic heterocycles. The molecule has 0 saturated carbocycles. The highest BCUT2D eigenvalue weighted by Gasteiger charge is 2.15. The number of nitrogens with zero attached hydrogens (tertiary/aromatic N) is 2. The lowest BCUT2D eigenvalue weighted by Gasteiger charge is -2.24. The van der Waals surface area contributed by atoms with Crippen molar-refractivity contribution in [2.45, 2.75) is 6.92 Å². The summed E-state index contributed by atoms with van der Waals surface area (Å²) < 4.78 is 4.69. The van der Waals surface area contributed by atoms with E-state index in [9.17, 15) is 9.59 Å². The van der Waals surface area contributed by atoms with Crippen molar-refractivity contribution in [3.8, 4) is 0 Å². The number of hydrogen-bond donors (Lipinski definition) is 1. The van der Waals surface area contributed by atoms with Crippen molar-refractivity contribution in [3.63, 3.8) is 0 Å². The zero-order valence-electron chi connectivity index (χ0n) is 12.3. The first-order valence-electron chi connectivity index (χ1n) is 6.33. The molecule has 0 aliphatic rings. The number of carbonyl (C=O) groups is 2. The summed E-state index contributed by atoms with van der Waals surface area (Å²) in [4.78, 5) is 26.8. The number of anilines is 2. The number of hydrogen-bond acceptors (Lipinski definition) is 5. The number of amides is 1. The second-order valence-corrected chi connectivity index (χ2v) is 4.57. The van der Waals surface area contributed by atoms with Crippen LogP contribution in [-0.2, 0) is 9.53 Å². The van der Waals surface area contributed by atoms with Gasteiger partial charge in [0.1, 0.15) is 0 Å². The zero-order chi connectivity index (χ0) is 15.3. The molecular weight excluding hydrogens is 258 g/mol. The number of esters is 1. The summed E-state index contributed by atoms with van der Waals surface area (Å²) in [7, 11) is 4.72. The molecule has 0 atom stereocenters. The highest BCUT2D eigenvalue weighted by molar-refractivity contribution is 5.96. The molecule has 1 aromatic rings. The predicted molar refractivity (Wildman–Crippen MR) is 78.8 cm³/mol. The molecule has 0 radical (unpaired) electrons. The fourth-order valence-electron chi connectivity index (χ4n) is 1.72. The van der Waals surface area contributed by atoms with Crippen LogP contribution in [0.5, 0.6) is 0 Å². The van der Waals surface area contributed by atoms with Gasteiger partial charge in [-0.25, -0.2) is 4.79 Å². The van der Waals surface area contributed by atoms with Gasteiger partial charge in [0.05, 0.1) is 19.2 Å². The van der Waals surface area contributed by atoms with E-state index in [2.05, 4.69) is 0 Å². The molecule has 0 aliphatic carbocycles. The first kappa shape index (κ1) is 15.8. The van der Waals surface area contributed by atoms with Gasteiger partial charge in [0.2, 0.25) is 5.91 Å². The van der Waals surface area contributed by atoms with Gasteiger partial charge < -0.3 is 20.3 Å². The average molecular weight is 279 g/mol. The van der Waals surface area contributed by atoms with Gasteiger partial charge in [-0.15, -0.1) is 0 Å². The summed E-state index contributed by atoms with van der Waals surface area (Å²) in [6, 6.07) is 5.08. The van der Waals surface area contributed by atoms with E-state index in [4.69, 9.17) is 10.5 Å². The van der Waals surface area contributed by atoms with Crippen molar-refractivity contribution in [1.29, 1.82) is 0 Å². The normalized spacial score (nSPS) is 10.0. The maximum Gasteiger partial charge on any atom is 0.340 e. The summed E-state index contributed by atoms with van der Waals surface area (Å²) in [5, 5.41) is 0. The molecule has 2 N–H and O–H groups in total. The lowest BCUT2D eigenvalue weighted by Crippen LogP contribution is -2.36. The maximum atomic E-state index is 11.8. The molecule has 0 heterocycles. The summed E-state index contributed by atoms with van der Waals surface area (Å²) in [5.41, 5.74) is 7.19. The summed E-state index contributed by atoms with van der Waals surface area (Å²) in [5.74, 6) is -0.498. The molecular formula is C14H21N3O3. The van der Waals surface area contributed by atoms with E-state index in [0.717, 1.165) is 5.69 Å². The zero-order valence-corrected chi connectivity index (χ0v) is 12.3. The topological polar surface area (TPSA) is 75.9 Å². The minimum absolute atomic E-state index is 0.0108. The molecule has 0 aromatic heterocycles. The molecule has 1 amide bonds. The van der Waals surface area contributed by atoms with Gasteiger partial charge >= 0.3 is 5.97 Å². The minimum atomic E-state index is -0.487. The summed E-state index contributed by atoms with van der Waals surface area (Å²) in [6.07, 6.45) is 0. The average Bonchev–Trinajstić information content (AvgIpc) is 2.44. The number of methoxy groups -OCH3 is 1. The Kier molecular flexibility index (Phi) is 5.37. The highest BCUT2D eigenvalue weighted by atomic mass is 16.5. The first-order chi connectivity index (χ1) is 9.40. The summed E-state index contributed by atoms with van der Waals surface area (Å²) >= 11 is 0. The van der Waals surface area contributed by atoms with E-state index >= 15 is 0 Å². The summed E-state index contributed by atoms with van der Waals surface area (Å²) in [6.45, 7) is 2.83. The van der Waals surface area contributed by atoms with Gasteiger partial charge in [0.15, 0.2) is 0 Å². The minimum Gasteiger partial charge on any atom is -0.465 e. The van der Waals surface area contributed by atoms with E-state index in [1.54, 1.807) is 32.3 Å². The van der Waals surface area contributed by atoms with Gasteiger partial charge in [0, 0.05) is 32.0 Å². The van der Waals surface area contributed by atoms with Crippen LogP contribution < -0.4 is 10.6 Å². The second-order valence-electron chi connectivity index (χ2n) is 4.57. The number of rotatable bonds is 5. The van der Waals surface area contributed by atoms with Crippen LogP contribution in [0.2, 0.25) is 0 Å². The second kappa shape index (κ2) is 6.79. The van der Waals surface area contributed by atoms with Crippen LogP contribution in [0.4, 0.5) is 11.4 Å². The highest BCUT2D eigenvalue weighted by Crippen LogP contribution is 2.22. The number of nitrogens with two attached hydrogens (primary N) is 1. The Morgan fingerprint density at radius 2 is 1.95 bits per heavy atom. The quantitative estimate of drug-likeness (QED) is 0.642. The van der Waals surface area contributed by atoms with Crippen molar-refractivity contribution in [3.05, 3.63) is 23.8 Å². The van der Waals surface area contributed by atoms with Crippen molar-refractivity contribution in [1.82, 2.24) is 4.90 Å². The third-order valence-electron chi connectivity index (χ3n) is 3.01. The molecule has 1 aromatic carbocycles. The van der Waals surface area contributed by atoms with Crippen LogP contribution in [0.3, 0.4) is 0 Å². The number of likely N-dealkylation sites (N-methyl/N-ethyl adjacent to an activating group) is 2. The van der Waals surface area contributed by atoms with Gasteiger partial charge in [-0.3, -0.25) is 4.79 Å². The van der Waals surface area contributed by atoms with E-state index in [0.29, 0.717) is 17.8 Å². The van der Waals surface area contributed by atoms with Crippen LogP contribution in [0.1, 0.15) is 17.3 Å². The monoisotopic (exact) mass is 279 g/mol. The van der Waals surface area contributed by atoms with E-state index < -0.39 is 5.97 Å². The molecule has 20 heavy (non-hydrogen) atoms. The van der Waals surface area contributed by atoms with Crippen LogP contribution in [0.25, 0.3) is 0 Å². The van der Waals surface area contributed by atoms with Crippen molar-refractivity contribution in [2.24, 2.45) is 0 Å². The van der Waals surface area contributed by atoms with Crippen LogP contribution in [-0.4, -0.2) is 51.1 Å². The van der Waals surface area contributed by atoms with Crippen molar-refractivity contribution < 1.29 is 14.3 Å². The Hall–Kier alpha value is -2.24. The Morgan fingerprint density at radius 1 is 1.30 bits per heavy atom. The molecule has 0 bridgehead atoms. The van der Waals surface area contributed by atoms with Gasteiger partial charge in [-0.05, 0) is 25.1 Å². The first-order valence-corrected chi connectivity index (χ1v) is 6.33. The van der Waals surface area contributed by atoms with Crippen molar-refractivity contribution >= 4 is 23.3 Å². The Labute approximate surface area is 119 Å². The predicted octanol–water partition coefficient (Wildman–Crippen LogP) is 0.970. The molecule has 0 spiro atoms. The molecule has 6 heteroatoms. The Morgan fingerprint density at radius 3 is 2.45 bits per heavy atom. The lowest BCUT2D eigenvalue weighted by molar-refractivity contribution is -0.127. The van der Waals surface area contributed by atoms with Gasteiger partial charge in [-0.1, -0.05) is 0 Å². The number of carbonyl (C=O) groups excluding carboxylic acids is 2. The number of nitrogen functional groups attached to an aromatic ring is 1. The molecule has 0 unspecified atom stereocenters. The van der Waals surface area contributed by atoms with Crippen LogP contribution in [0, 0.1) is 0 Å². The number of ether oxygens (including phenoxy) is 1. The lowest BCUT2D eigenvalue weighted by atomic mass is 10.1. The SMILES string of the molecule is CCN(CC(=O)N(C)C)c1ccc(N)c(C(=O)OC)c1. The molecule has 0 fully saturated rings.